The van der Waals surface area contributed by atoms with Crippen molar-refractivity contribution in [3.05, 3.63) is 35.9 Å². The van der Waals surface area contributed by atoms with Gasteiger partial charge in [0.1, 0.15) is 62.0 Å². The maximum atomic E-state index is 13.0. The number of nitrogens with one attached hydrogen (secondary N) is 1. The lowest BCUT2D eigenvalue weighted by Gasteiger charge is -2.46. The Labute approximate surface area is 301 Å². The maximum absolute atomic E-state index is 13.0. The van der Waals surface area contributed by atoms with Gasteiger partial charge in [-0.25, -0.2) is 4.79 Å². The second kappa shape index (κ2) is 19.7. The van der Waals surface area contributed by atoms with E-state index in [2.05, 4.69) is 5.32 Å². The minimum absolute atomic E-state index is 0.0782. The van der Waals surface area contributed by atoms with Crippen molar-refractivity contribution in [2.45, 2.75) is 114 Å². The molecule has 292 valence electrons. The van der Waals surface area contributed by atoms with Crippen LogP contribution in [0.15, 0.2) is 30.3 Å². The number of carbonyl (C=O) groups is 4. The summed E-state index contributed by atoms with van der Waals surface area (Å²) in [6.45, 7) is 4.46. The molecule has 3 aliphatic heterocycles. The number of esters is 2. The highest BCUT2D eigenvalue weighted by molar-refractivity contribution is 5.89. The molecule has 0 bridgehead atoms. The van der Waals surface area contributed by atoms with Gasteiger partial charge in [0.15, 0.2) is 6.29 Å². The molecule has 1 aromatic carbocycles. The smallest absolute Gasteiger partial charge is 0.338 e. The summed E-state index contributed by atoms with van der Waals surface area (Å²) in [5.41, 5.74) is 0.230. The lowest BCUT2D eigenvalue weighted by molar-refractivity contribution is -0.393. The van der Waals surface area contributed by atoms with Crippen LogP contribution in [-0.4, -0.2) is 166 Å². The Morgan fingerprint density at radius 3 is 2.35 bits per heavy atom. The number of benzene rings is 1. The van der Waals surface area contributed by atoms with E-state index >= 15 is 0 Å². The van der Waals surface area contributed by atoms with Crippen molar-refractivity contribution in [1.29, 1.82) is 0 Å². The Hall–Kier alpha value is -3.30. The van der Waals surface area contributed by atoms with E-state index in [-0.39, 0.29) is 44.1 Å². The molecule has 0 aliphatic carbocycles. The van der Waals surface area contributed by atoms with Crippen LogP contribution in [0.5, 0.6) is 0 Å². The molecule has 1 aromatic rings. The number of rotatable bonds is 9. The Kier molecular flexibility index (Phi) is 15.7. The molecule has 0 aromatic heterocycles. The minimum atomic E-state index is -1.87. The number of ether oxygens (including phenoxy) is 5. The number of carbonyl (C=O) groups excluding carboxylic acids is 4. The van der Waals surface area contributed by atoms with Crippen molar-refractivity contribution >= 4 is 23.8 Å². The van der Waals surface area contributed by atoms with Crippen molar-refractivity contribution in [2.24, 2.45) is 0 Å². The van der Waals surface area contributed by atoms with Gasteiger partial charge in [-0.2, -0.15) is 5.06 Å². The molecule has 18 nitrogen and oxygen atoms in total. The monoisotopic (exact) mass is 741 g/mol. The van der Waals surface area contributed by atoms with Crippen LogP contribution in [0.25, 0.3) is 0 Å². The second-order valence-electron chi connectivity index (χ2n) is 13.0. The molecule has 4 rings (SSSR count). The Bertz CT molecular complexity index is 1320. The van der Waals surface area contributed by atoms with Crippen LogP contribution in [0.4, 0.5) is 0 Å². The fraction of sp³-hybridized carbons (Fsp3) is 0.706. The molecular weight excluding hydrogens is 690 g/mol. The SMILES string of the molecule is CCC(=O)N1CCCNC(=O)CN(O[C@@H]2O[C@@H](C)[C@H](O)[C@@H](O)[C@H]2O[C@@H]2O[C@H](COC(=O)c3ccccc3)[C@@H](O)[C@H](O)[C@H]2O)CCC[C@@H](OC(C)=O)C1. The van der Waals surface area contributed by atoms with Gasteiger partial charge < -0.3 is 59.4 Å². The molecule has 2 amide bonds. The number of amides is 2. The first-order chi connectivity index (χ1) is 24.8. The van der Waals surface area contributed by atoms with E-state index in [4.69, 9.17) is 28.5 Å². The van der Waals surface area contributed by atoms with Gasteiger partial charge in [-0.15, -0.1) is 0 Å². The highest BCUT2D eigenvalue weighted by Crippen LogP contribution is 2.30. The lowest BCUT2D eigenvalue weighted by Crippen LogP contribution is -2.64. The van der Waals surface area contributed by atoms with Crippen molar-refractivity contribution in [3.8, 4) is 0 Å². The molecule has 3 heterocycles. The third kappa shape index (κ3) is 11.3. The average Bonchev–Trinajstić information content (AvgIpc) is 3.13. The zero-order chi connectivity index (χ0) is 37.9. The molecular formula is C34H51N3O15. The molecule has 3 fully saturated rings. The molecule has 6 N–H and O–H groups in total. The highest BCUT2D eigenvalue weighted by atomic mass is 16.8. The normalized spacial score (nSPS) is 34.2. The Morgan fingerprint density at radius 2 is 1.65 bits per heavy atom. The van der Waals surface area contributed by atoms with Gasteiger partial charge in [-0.3, -0.25) is 19.2 Å². The summed E-state index contributed by atoms with van der Waals surface area (Å²) in [6.07, 6.45) is -15.1. The van der Waals surface area contributed by atoms with Gasteiger partial charge in [-0.05, 0) is 38.3 Å². The first kappa shape index (κ1) is 41.5. The van der Waals surface area contributed by atoms with Gasteiger partial charge in [0.05, 0.1) is 18.2 Å². The quantitative estimate of drug-likeness (QED) is 0.153. The van der Waals surface area contributed by atoms with Crippen LogP contribution in [0.3, 0.4) is 0 Å². The summed E-state index contributed by atoms with van der Waals surface area (Å²) < 4.78 is 28.2. The number of nitrogens with zero attached hydrogens (tertiary/aromatic N) is 2. The number of hydroxylamine groups is 2. The van der Waals surface area contributed by atoms with Crippen LogP contribution in [0.1, 0.15) is 56.8 Å². The van der Waals surface area contributed by atoms with Crippen LogP contribution < -0.4 is 5.32 Å². The molecule has 18 heteroatoms. The van der Waals surface area contributed by atoms with E-state index in [1.807, 2.05) is 0 Å². The maximum Gasteiger partial charge on any atom is 0.338 e. The van der Waals surface area contributed by atoms with Crippen LogP contribution in [0.2, 0.25) is 0 Å². The number of hydrogen-bond donors (Lipinski definition) is 6. The number of aliphatic hydroxyl groups is 5. The van der Waals surface area contributed by atoms with Gasteiger partial charge in [-0.1, -0.05) is 25.1 Å². The van der Waals surface area contributed by atoms with Crippen molar-refractivity contribution in [3.63, 3.8) is 0 Å². The predicted octanol–water partition coefficient (Wildman–Crippen LogP) is -1.79. The fourth-order valence-electron chi connectivity index (χ4n) is 6.10. The fourth-order valence-corrected chi connectivity index (χ4v) is 6.10. The van der Waals surface area contributed by atoms with Crippen molar-refractivity contribution in [1.82, 2.24) is 15.3 Å². The Morgan fingerprint density at radius 1 is 0.923 bits per heavy atom. The molecule has 52 heavy (non-hydrogen) atoms. The summed E-state index contributed by atoms with van der Waals surface area (Å²) >= 11 is 0. The van der Waals surface area contributed by atoms with E-state index in [1.54, 1.807) is 30.0 Å². The van der Waals surface area contributed by atoms with Crippen molar-refractivity contribution < 1.29 is 73.2 Å². The molecule has 0 unspecified atom stereocenters. The summed E-state index contributed by atoms with van der Waals surface area (Å²) in [7, 11) is 0. The van der Waals surface area contributed by atoms with Crippen LogP contribution in [0, 0.1) is 0 Å². The summed E-state index contributed by atoms with van der Waals surface area (Å²) in [4.78, 5) is 57.6. The van der Waals surface area contributed by atoms with E-state index < -0.39 is 92.0 Å². The minimum Gasteiger partial charge on any atom is -0.461 e. The van der Waals surface area contributed by atoms with Crippen molar-refractivity contribution in [2.75, 3.05) is 39.3 Å². The Balaban J connectivity index is 1.48. The number of aliphatic hydroxyl groups excluding tert-OH is 5. The van der Waals surface area contributed by atoms with Crippen LogP contribution in [-0.2, 0) is 42.9 Å². The van der Waals surface area contributed by atoms with Crippen LogP contribution >= 0.6 is 0 Å². The van der Waals surface area contributed by atoms with E-state index in [1.165, 1.54) is 31.0 Å². The summed E-state index contributed by atoms with van der Waals surface area (Å²) in [6, 6.07) is 8.02. The first-order valence-corrected chi connectivity index (χ1v) is 17.5. The average molecular weight is 742 g/mol. The summed E-state index contributed by atoms with van der Waals surface area (Å²) in [5.74, 6) is -1.79. The molecule has 0 radical (unpaired) electrons. The predicted molar refractivity (Wildman–Crippen MR) is 177 cm³/mol. The van der Waals surface area contributed by atoms with E-state index in [0.717, 1.165) is 0 Å². The zero-order valence-electron chi connectivity index (χ0n) is 29.5. The molecule has 3 aliphatic rings. The first-order valence-electron chi connectivity index (χ1n) is 17.5. The molecule has 3 saturated heterocycles. The largest absolute Gasteiger partial charge is 0.461 e. The zero-order valence-corrected chi connectivity index (χ0v) is 29.5. The van der Waals surface area contributed by atoms with Gasteiger partial charge >= 0.3 is 11.9 Å². The highest BCUT2D eigenvalue weighted by Gasteiger charge is 2.51. The van der Waals surface area contributed by atoms with Gasteiger partial charge in [0.2, 0.25) is 18.1 Å². The van der Waals surface area contributed by atoms with E-state index in [9.17, 15) is 44.7 Å². The lowest BCUT2D eigenvalue weighted by atomic mass is 9.97. The molecule has 11 atom stereocenters. The third-order valence-electron chi connectivity index (χ3n) is 8.98. The summed E-state index contributed by atoms with van der Waals surface area (Å²) in [5, 5.41) is 57.9. The van der Waals surface area contributed by atoms with Gasteiger partial charge in [0.25, 0.3) is 0 Å². The third-order valence-corrected chi connectivity index (χ3v) is 8.98. The molecule has 0 saturated carbocycles. The van der Waals surface area contributed by atoms with E-state index in [0.29, 0.717) is 25.8 Å². The molecule has 0 spiro atoms. The van der Waals surface area contributed by atoms with Gasteiger partial charge in [0, 0.05) is 33.0 Å². The standard InChI is InChI=1S/C34H51N3O15/c1-4-25(40)36-14-9-13-35-24(39)17-37(15-8-12-22(16-36)49-20(3)38)52-34-31(29(44)26(41)19(2)48-34)51-33-30(45)28(43)27(42)23(50-33)18-47-32(46)21-10-6-5-7-11-21/h5-7,10-11,19,22-23,26-31,33-34,41-45H,4,8-9,12-18H2,1-3H3,(H,35,39)/t19-,22+,23+,26-,27+,28-,29+,30+,31+,33-,34-/m0/s1. The number of hydrogen-bond acceptors (Lipinski definition) is 16. The topological polar surface area (TPSA) is 243 Å². The second-order valence-corrected chi connectivity index (χ2v) is 13.0.